The smallest absolute Gasteiger partial charge is 0.227 e. The summed E-state index contributed by atoms with van der Waals surface area (Å²) < 4.78 is 7.33. The molecule has 0 aromatic carbocycles. The van der Waals surface area contributed by atoms with Crippen LogP contribution in [0.2, 0.25) is 0 Å². The van der Waals surface area contributed by atoms with Crippen molar-refractivity contribution in [2.24, 2.45) is 13.0 Å². The second-order valence-corrected chi connectivity index (χ2v) is 7.40. The molecule has 1 amide bonds. The van der Waals surface area contributed by atoms with Crippen molar-refractivity contribution >= 4 is 5.91 Å². The Morgan fingerprint density at radius 1 is 1.35 bits per heavy atom. The first kappa shape index (κ1) is 19.3. The lowest BCUT2D eigenvalue weighted by Gasteiger charge is -2.42. The normalized spacial score (nSPS) is 27.2. The topological polar surface area (TPSA) is 62.6 Å². The highest BCUT2D eigenvalue weighted by Crippen LogP contribution is 2.30. The van der Waals surface area contributed by atoms with Crippen molar-refractivity contribution in [3.63, 3.8) is 0 Å². The molecular weight excluding hydrogens is 330 g/mol. The lowest BCUT2D eigenvalue weighted by molar-refractivity contribution is -0.138. The molecule has 0 aliphatic carbocycles. The Kier molecular flexibility index (Phi) is 6.67. The number of nitrogens with one attached hydrogen (secondary N) is 1. The average Bonchev–Trinajstić information content (AvgIpc) is 3.30. The minimum atomic E-state index is 0.0201. The van der Waals surface area contributed by atoms with Gasteiger partial charge in [-0.15, -0.1) is 0 Å². The molecule has 0 saturated carbocycles. The van der Waals surface area contributed by atoms with Gasteiger partial charge in [0.05, 0.1) is 18.7 Å². The monoisotopic (exact) mass is 363 g/mol. The van der Waals surface area contributed by atoms with Crippen LogP contribution in [-0.2, 0) is 16.6 Å². The molecule has 146 valence electrons. The van der Waals surface area contributed by atoms with Crippen molar-refractivity contribution < 1.29 is 9.53 Å². The van der Waals surface area contributed by atoms with Crippen LogP contribution in [0.25, 0.3) is 0 Å². The van der Waals surface area contributed by atoms with Crippen LogP contribution in [0.1, 0.15) is 31.7 Å². The van der Waals surface area contributed by atoms with Crippen molar-refractivity contribution in [1.29, 1.82) is 0 Å². The summed E-state index contributed by atoms with van der Waals surface area (Å²) in [5.41, 5.74) is 1.17. The largest absolute Gasteiger partial charge is 0.380 e. The SMILES string of the molecule is CCOCCN1CCN(C(=O)[C@H]2CNC[C@@H]2c2cnn(C)c2)CC1CC. The fourth-order valence-electron chi connectivity index (χ4n) is 4.26. The molecule has 0 bridgehead atoms. The van der Waals surface area contributed by atoms with Gasteiger partial charge in [0.15, 0.2) is 0 Å². The van der Waals surface area contributed by atoms with Crippen LogP contribution in [-0.4, -0.2) is 84.0 Å². The number of hydrogen-bond acceptors (Lipinski definition) is 5. The number of hydrogen-bond donors (Lipinski definition) is 1. The number of rotatable bonds is 7. The average molecular weight is 364 g/mol. The van der Waals surface area contributed by atoms with Gasteiger partial charge in [-0.2, -0.15) is 5.10 Å². The van der Waals surface area contributed by atoms with Crippen LogP contribution in [0.5, 0.6) is 0 Å². The number of carbonyl (C=O) groups is 1. The molecule has 1 aromatic heterocycles. The Labute approximate surface area is 156 Å². The maximum atomic E-state index is 13.2. The summed E-state index contributed by atoms with van der Waals surface area (Å²) in [7, 11) is 1.93. The van der Waals surface area contributed by atoms with E-state index in [9.17, 15) is 4.79 Å². The fraction of sp³-hybridized carbons (Fsp3) is 0.789. The van der Waals surface area contributed by atoms with Crippen molar-refractivity contribution in [1.82, 2.24) is 24.9 Å². The Morgan fingerprint density at radius 3 is 2.88 bits per heavy atom. The molecule has 1 unspecified atom stereocenters. The zero-order valence-corrected chi connectivity index (χ0v) is 16.4. The third-order valence-electron chi connectivity index (χ3n) is 5.80. The van der Waals surface area contributed by atoms with E-state index in [1.165, 1.54) is 5.56 Å². The molecule has 1 aromatic rings. The van der Waals surface area contributed by atoms with Gasteiger partial charge in [0.25, 0.3) is 0 Å². The van der Waals surface area contributed by atoms with E-state index in [4.69, 9.17) is 4.74 Å². The highest BCUT2D eigenvalue weighted by molar-refractivity contribution is 5.80. The van der Waals surface area contributed by atoms with Crippen molar-refractivity contribution in [2.75, 3.05) is 52.5 Å². The Bertz CT molecular complexity index is 590. The lowest BCUT2D eigenvalue weighted by atomic mass is 9.89. The van der Waals surface area contributed by atoms with Gasteiger partial charge in [-0.1, -0.05) is 6.92 Å². The maximum Gasteiger partial charge on any atom is 0.227 e. The van der Waals surface area contributed by atoms with Crippen LogP contribution >= 0.6 is 0 Å². The molecule has 0 radical (unpaired) electrons. The Balaban J connectivity index is 1.61. The van der Waals surface area contributed by atoms with Crippen LogP contribution in [0.15, 0.2) is 12.4 Å². The number of piperazine rings is 1. The van der Waals surface area contributed by atoms with Crippen molar-refractivity contribution in [3.8, 4) is 0 Å². The molecule has 26 heavy (non-hydrogen) atoms. The van der Waals surface area contributed by atoms with Gasteiger partial charge in [0.1, 0.15) is 0 Å². The first-order valence-electron chi connectivity index (χ1n) is 9.93. The lowest BCUT2D eigenvalue weighted by Crippen LogP contribution is -2.56. The first-order chi connectivity index (χ1) is 12.6. The van der Waals surface area contributed by atoms with E-state index in [1.807, 2.05) is 31.0 Å². The molecule has 2 saturated heterocycles. The predicted molar refractivity (Wildman–Crippen MR) is 101 cm³/mol. The van der Waals surface area contributed by atoms with Crippen LogP contribution in [0, 0.1) is 5.92 Å². The van der Waals surface area contributed by atoms with E-state index in [2.05, 4.69) is 27.1 Å². The summed E-state index contributed by atoms with van der Waals surface area (Å²) in [4.78, 5) is 17.8. The summed E-state index contributed by atoms with van der Waals surface area (Å²) in [6, 6.07) is 0.430. The molecule has 3 rings (SSSR count). The van der Waals surface area contributed by atoms with Crippen molar-refractivity contribution in [3.05, 3.63) is 18.0 Å². The predicted octanol–water partition coefficient (Wildman–Crippen LogP) is 0.682. The number of carbonyl (C=O) groups excluding carboxylic acids is 1. The minimum Gasteiger partial charge on any atom is -0.380 e. The molecule has 2 aliphatic heterocycles. The quantitative estimate of drug-likeness (QED) is 0.722. The Morgan fingerprint density at radius 2 is 2.19 bits per heavy atom. The summed E-state index contributed by atoms with van der Waals surface area (Å²) in [5.74, 6) is 0.547. The molecule has 2 aliphatic rings. The van der Waals surface area contributed by atoms with Crippen molar-refractivity contribution in [2.45, 2.75) is 32.2 Å². The Hall–Kier alpha value is -1.44. The second-order valence-electron chi connectivity index (χ2n) is 7.40. The van der Waals surface area contributed by atoms with E-state index >= 15 is 0 Å². The van der Waals surface area contributed by atoms with E-state index < -0.39 is 0 Å². The van der Waals surface area contributed by atoms with E-state index in [0.29, 0.717) is 11.9 Å². The molecular formula is C19H33N5O2. The second kappa shape index (κ2) is 8.97. The zero-order chi connectivity index (χ0) is 18.5. The highest BCUT2D eigenvalue weighted by atomic mass is 16.5. The first-order valence-corrected chi connectivity index (χ1v) is 9.93. The highest BCUT2D eigenvalue weighted by Gasteiger charge is 2.39. The van der Waals surface area contributed by atoms with E-state index in [1.54, 1.807) is 0 Å². The molecule has 7 heteroatoms. The van der Waals surface area contributed by atoms with E-state index in [-0.39, 0.29) is 11.8 Å². The van der Waals surface area contributed by atoms with Gasteiger partial charge < -0.3 is 15.0 Å². The molecule has 7 nitrogen and oxygen atoms in total. The van der Waals surface area contributed by atoms with E-state index in [0.717, 1.165) is 58.9 Å². The van der Waals surface area contributed by atoms with Crippen LogP contribution in [0.4, 0.5) is 0 Å². The molecule has 1 N–H and O–H groups in total. The third kappa shape index (κ3) is 4.27. The molecule has 3 atom stereocenters. The summed E-state index contributed by atoms with van der Waals surface area (Å²) >= 11 is 0. The van der Waals surface area contributed by atoms with Gasteiger partial charge in [0.2, 0.25) is 5.91 Å². The van der Waals surface area contributed by atoms with Crippen LogP contribution < -0.4 is 5.32 Å². The van der Waals surface area contributed by atoms with Gasteiger partial charge in [0, 0.05) is 71.1 Å². The minimum absolute atomic E-state index is 0.0201. The number of amides is 1. The summed E-state index contributed by atoms with van der Waals surface area (Å²) in [6.07, 6.45) is 5.00. The number of aryl methyl sites for hydroxylation is 1. The zero-order valence-electron chi connectivity index (χ0n) is 16.4. The molecule has 2 fully saturated rings. The van der Waals surface area contributed by atoms with Gasteiger partial charge in [-0.25, -0.2) is 0 Å². The van der Waals surface area contributed by atoms with Gasteiger partial charge in [-0.05, 0) is 18.9 Å². The summed E-state index contributed by atoms with van der Waals surface area (Å²) in [6.45, 7) is 10.9. The van der Waals surface area contributed by atoms with Gasteiger partial charge in [-0.3, -0.25) is 14.4 Å². The summed E-state index contributed by atoms with van der Waals surface area (Å²) in [5, 5.41) is 7.69. The molecule has 0 spiro atoms. The molecule has 3 heterocycles. The maximum absolute atomic E-state index is 13.2. The number of ether oxygens (including phenoxy) is 1. The third-order valence-corrected chi connectivity index (χ3v) is 5.80. The van der Waals surface area contributed by atoms with Gasteiger partial charge >= 0.3 is 0 Å². The van der Waals surface area contributed by atoms with Crippen LogP contribution in [0.3, 0.4) is 0 Å². The number of nitrogens with zero attached hydrogens (tertiary/aromatic N) is 4. The number of aromatic nitrogens is 2. The standard InChI is InChI=1S/C19H33N5O2/c1-4-16-14-24(7-6-23(16)8-9-26-5-2)19(25)18-12-20-11-17(18)15-10-21-22(3)13-15/h10,13,16-18,20H,4-9,11-12,14H2,1-3H3/t16?,17-,18+/m1/s1. The fourth-order valence-corrected chi connectivity index (χ4v) is 4.26.